The Labute approximate surface area is 192 Å². The van der Waals surface area contributed by atoms with Crippen molar-refractivity contribution in [2.24, 2.45) is 23.2 Å². The maximum atomic E-state index is 12.9. The molecule has 0 aromatic heterocycles. The van der Waals surface area contributed by atoms with E-state index in [0.29, 0.717) is 12.5 Å². The Morgan fingerprint density at radius 2 is 1.91 bits per heavy atom. The summed E-state index contributed by atoms with van der Waals surface area (Å²) in [6, 6.07) is 6.69. The van der Waals surface area contributed by atoms with Crippen molar-refractivity contribution in [1.29, 1.82) is 0 Å². The molecule has 0 bridgehead atoms. The highest BCUT2D eigenvalue weighted by Gasteiger charge is 2.59. The molecule has 1 aromatic rings. The van der Waals surface area contributed by atoms with Crippen LogP contribution in [0.3, 0.4) is 0 Å². The lowest BCUT2D eigenvalue weighted by Crippen LogP contribution is -2.55. The van der Waals surface area contributed by atoms with E-state index in [1.54, 1.807) is 0 Å². The Morgan fingerprint density at radius 1 is 1.16 bits per heavy atom. The Bertz CT molecular complexity index is 919. The maximum absolute atomic E-state index is 12.9. The van der Waals surface area contributed by atoms with E-state index in [2.05, 4.69) is 61.8 Å². The summed E-state index contributed by atoms with van der Waals surface area (Å²) in [6.07, 6.45) is 4.59. The monoisotopic (exact) mass is 438 g/mol. The van der Waals surface area contributed by atoms with Crippen LogP contribution in [0.15, 0.2) is 29.8 Å². The van der Waals surface area contributed by atoms with Gasteiger partial charge >= 0.3 is 5.97 Å². The number of esters is 1. The Morgan fingerprint density at radius 3 is 2.62 bits per heavy atom. The maximum Gasteiger partial charge on any atom is 0.311 e. The first kappa shape index (κ1) is 22.0. The van der Waals surface area contributed by atoms with Crippen LogP contribution in [-0.2, 0) is 9.53 Å². The van der Waals surface area contributed by atoms with Gasteiger partial charge in [-0.15, -0.1) is 0 Å². The smallest absolute Gasteiger partial charge is 0.311 e. The zero-order valence-electron chi connectivity index (χ0n) is 20.0. The normalized spacial score (nSPS) is 37.5. The molecule has 2 aliphatic carbocycles. The molecular formula is C27H38N2O3. The first-order valence-corrected chi connectivity index (χ1v) is 12.4. The second-order valence-electron chi connectivity index (χ2n) is 10.9. The summed E-state index contributed by atoms with van der Waals surface area (Å²) in [4.78, 5) is 17.8. The average Bonchev–Trinajstić information content (AvgIpc) is 3.08. The van der Waals surface area contributed by atoms with Gasteiger partial charge in [0.25, 0.3) is 0 Å². The number of aliphatic hydroxyl groups is 1. The van der Waals surface area contributed by atoms with Gasteiger partial charge in [0.05, 0.1) is 12.0 Å². The summed E-state index contributed by atoms with van der Waals surface area (Å²) in [5, 5.41) is 11.6. The van der Waals surface area contributed by atoms with E-state index in [9.17, 15) is 9.90 Å². The zero-order chi connectivity index (χ0) is 22.6. The van der Waals surface area contributed by atoms with Gasteiger partial charge in [-0.05, 0) is 55.9 Å². The minimum absolute atomic E-state index is 0.0945. The first-order valence-electron chi connectivity index (χ1n) is 12.4. The van der Waals surface area contributed by atoms with Crippen LogP contribution in [0.5, 0.6) is 0 Å². The summed E-state index contributed by atoms with van der Waals surface area (Å²) in [6.45, 7) is 13.3. The van der Waals surface area contributed by atoms with Crippen LogP contribution in [-0.4, -0.2) is 60.9 Å². The fraction of sp³-hybridized carbons (Fsp3) is 0.667. The van der Waals surface area contributed by atoms with Crippen molar-refractivity contribution in [3.05, 3.63) is 41.0 Å². The van der Waals surface area contributed by atoms with Crippen LogP contribution in [0, 0.1) is 37.0 Å². The van der Waals surface area contributed by atoms with Gasteiger partial charge in [-0.1, -0.05) is 31.6 Å². The summed E-state index contributed by atoms with van der Waals surface area (Å²) in [5.41, 5.74) is 5.02. The summed E-state index contributed by atoms with van der Waals surface area (Å²) >= 11 is 0. The number of piperazine rings is 1. The van der Waals surface area contributed by atoms with Crippen LogP contribution in [0.2, 0.25) is 0 Å². The second-order valence-corrected chi connectivity index (χ2v) is 10.9. The number of fused-ring (bicyclic) bond motifs is 2. The van der Waals surface area contributed by atoms with Crippen LogP contribution < -0.4 is 4.90 Å². The molecule has 174 valence electrons. The molecule has 32 heavy (non-hydrogen) atoms. The molecule has 1 aromatic carbocycles. The molecular weight excluding hydrogens is 400 g/mol. The predicted molar refractivity (Wildman–Crippen MR) is 127 cm³/mol. The molecule has 5 heteroatoms. The third kappa shape index (κ3) is 3.49. The number of anilines is 1. The van der Waals surface area contributed by atoms with Gasteiger partial charge < -0.3 is 14.7 Å². The number of benzene rings is 1. The van der Waals surface area contributed by atoms with Gasteiger partial charge in [-0.2, -0.15) is 0 Å². The largest absolute Gasteiger partial charge is 0.461 e. The highest BCUT2D eigenvalue weighted by Crippen LogP contribution is 2.56. The van der Waals surface area contributed by atoms with E-state index in [0.717, 1.165) is 45.4 Å². The van der Waals surface area contributed by atoms with Crippen molar-refractivity contribution >= 4 is 11.7 Å². The summed E-state index contributed by atoms with van der Waals surface area (Å²) < 4.78 is 5.86. The molecule has 0 spiro atoms. The van der Waals surface area contributed by atoms with E-state index in [1.165, 1.54) is 22.4 Å². The fourth-order valence-electron chi connectivity index (χ4n) is 6.66. The van der Waals surface area contributed by atoms with Gasteiger partial charge in [0.15, 0.2) is 0 Å². The molecule has 1 N–H and O–H groups in total. The third-order valence-corrected chi connectivity index (χ3v) is 9.25. The minimum Gasteiger partial charge on any atom is -0.461 e. The van der Waals surface area contributed by atoms with Crippen LogP contribution in [0.1, 0.15) is 44.2 Å². The lowest BCUT2D eigenvalue weighted by Gasteiger charge is -2.52. The van der Waals surface area contributed by atoms with Gasteiger partial charge in [0.1, 0.15) is 6.10 Å². The zero-order valence-corrected chi connectivity index (χ0v) is 20.0. The van der Waals surface area contributed by atoms with Gasteiger partial charge in [-0.3, -0.25) is 9.69 Å². The number of allylic oxidation sites excluding steroid dienone is 1. The molecule has 6 atom stereocenters. The number of hydrogen-bond donors (Lipinski definition) is 1. The third-order valence-electron chi connectivity index (χ3n) is 9.25. The van der Waals surface area contributed by atoms with Crippen molar-refractivity contribution in [2.75, 3.05) is 37.6 Å². The van der Waals surface area contributed by atoms with Crippen molar-refractivity contribution in [3.63, 3.8) is 0 Å². The van der Waals surface area contributed by atoms with Gasteiger partial charge in [-0.25, -0.2) is 0 Å². The van der Waals surface area contributed by atoms with E-state index in [4.69, 9.17) is 4.74 Å². The molecule has 2 aliphatic heterocycles. The molecule has 2 saturated heterocycles. The summed E-state index contributed by atoms with van der Waals surface area (Å²) in [5.74, 6) is 0.00102. The topological polar surface area (TPSA) is 53.0 Å². The average molecular weight is 439 g/mol. The van der Waals surface area contributed by atoms with Crippen molar-refractivity contribution in [1.82, 2.24) is 4.90 Å². The number of carbonyl (C=O) groups is 1. The highest BCUT2D eigenvalue weighted by molar-refractivity contribution is 5.76. The lowest BCUT2D eigenvalue weighted by molar-refractivity contribution is -0.145. The SMILES string of the molecule is Cc1ccc(N2CCN(C[C@H]3C(=O)O[C@@H]4CC5=CCC[C@H](C)[C@@]5(C)[C@H](O)[C@@H]43)CC2)cc1C. The van der Waals surface area contributed by atoms with Crippen molar-refractivity contribution < 1.29 is 14.6 Å². The molecule has 1 saturated carbocycles. The standard InChI is InChI=1S/C27H38N2O3/c1-17-8-9-21(14-18(17)2)29-12-10-28(11-13-29)16-22-24-23(32-26(22)31)15-20-7-5-6-19(3)27(20,4)25(24)30/h7-9,14,19,22-25,30H,5-6,10-13,15-16H2,1-4H3/t19-,22+,23+,24+,25+,27+/m0/s1. The van der Waals surface area contributed by atoms with Gasteiger partial charge in [0, 0.05) is 56.2 Å². The van der Waals surface area contributed by atoms with Crippen molar-refractivity contribution in [3.8, 4) is 0 Å². The fourth-order valence-corrected chi connectivity index (χ4v) is 6.66. The number of aliphatic hydroxyl groups excluding tert-OH is 1. The Kier molecular flexibility index (Phi) is 5.61. The molecule has 0 radical (unpaired) electrons. The molecule has 5 nitrogen and oxygen atoms in total. The molecule has 0 unspecified atom stereocenters. The predicted octanol–water partition coefficient (Wildman–Crippen LogP) is 3.71. The molecule has 0 amide bonds. The second kappa shape index (κ2) is 8.18. The van der Waals surface area contributed by atoms with Crippen LogP contribution in [0.25, 0.3) is 0 Å². The molecule has 2 heterocycles. The molecule has 5 rings (SSSR count). The number of nitrogens with zero attached hydrogens (tertiary/aromatic N) is 2. The minimum atomic E-state index is -0.518. The lowest BCUT2D eigenvalue weighted by atomic mass is 9.55. The van der Waals surface area contributed by atoms with Crippen molar-refractivity contribution in [2.45, 2.75) is 59.2 Å². The first-order chi connectivity index (χ1) is 15.3. The van der Waals surface area contributed by atoms with Crippen LogP contribution in [0.4, 0.5) is 5.69 Å². The number of aryl methyl sites for hydroxylation is 2. The Hall–Kier alpha value is -1.85. The number of ether oxygens (including phenoxy) is 1. The van der Waals surface area contributed by atoms with E-state index < -0.39 is 6.10 Å². The van der Waals surface area contributed by atoms with Crippen LogP contribution >= 0.6 is 0 Å². The quantitative estimate of drug-likeness (QED) is 0.576. The van der Waals surface area contributed by atoms with E-state index in [1.807, 2.05) is 0 Å². The summed E-state index contributed by atoms with van der Waals surface area (Å²) in [7, 11) is 0. The molecule has 4 aliphatic rings. The van der Waals surface area contributed by atoms with Gasteiger partial charge in [0.2, 0.25) is 0 Å². The Balaban J connectivity index is 1.27. The number of hydrogen-bond acceptors (Lipinski definition) is 5. The number of carbonyl (C=O) groups excluding carboxylic acids is 1. The highest BCUT2D eigenvalue weighted by atomic mass is 16.6. The molecule has 3 fully saturated rings. The number of rotatable bonds is 3. The van der Waals surface area contributed by atoms with E-state index in [-0.39, 0.29) is 29.3 Å². The van der Waals surface area contributed by atoms with E-state index >= 15 is 0 Å².